The Kier molecular flexibility index (Phi) is 6.01. The van der Waals surface area contributed by atoms with Crippen molar-refractivity contribution < 1.29 is 9.53 Å². The van der Waals surface area contributed by atoms with Gasteiger partial charge in [-0.2, -0.15) is 0 Å². The van der Waals surface area contributed by atoms with E-state index in [1.54, 1.807) is 6.07 Å². The molecule has 0 aromatic heterocycles. The van der Waals surface area contributed by atoms with Crippen LogP contribution in [0.4, 0.5) is 0 Å². The van der Waals surface area contributed by atoms with Gasteiger partial charge in [-0.1, -0.05) is 49.7 Å². The number of benzene rings is 2. The maximum absolute atomic E-state index is 12.5. The molecule has 2 rings (SSSR count). The minimum atomic E-state index is -0.0659. The van der Waals surface area contributed by atoms with Crippen molar-refractivity contribution in [2.45, 2.75) is 32.7 Å². The molecule has 0 radical (unpaired) electrons. The molecule has 2 aromatic carbocycles. The van der Waals surface area contributed by atoms with Gasteiger partial charge < -0.3 is 10.1 Å². The van der Waals surface area contributed by atoms with Gasteiger partial charge in [0.15, 0.2) is 0 Å². The monoisotopic (exact) mass is 297 g/mol. The molecule has 0 aliphatic rings. The zero-order valence-corrected chi connectivity index (χ0v) is 13.2. The molecule has 0 saturated carbocycles. The average molecular weight is 297 g/mol. The Morgan fingerprint density at radius 2 is 1.86 bits per heavy atom. The van der Waals surface area contributed by atoms with E-state index in [9.17, 15) is 4.79 Å². The zero-order chi connectivity index (χ0) is 15.8. The van der Waals surface area contributed by atoms with Crippen LogP contribution in [0.5, 0.6) is 5.75 Å². The minimum absolute atomic E-state index is 0.0365. The van der Waals surface area contributed by atoms with Crippen molar-refractivity contribution >= 4 is 5.91 Å². The van der Waals surface area contributed by atoms with Gasteiger partial charge in [0.05, 0.1) is 12.6 Å². The van der Waals surface area contributed by atoms with Crippen LogP contribution >= 0.6 is 0 Å². The van der Waals surface area contributed by atoms with Crippen molar-refractivity contribution in [3.8, 4) is 5.75 Å². The molecule has 3 heteroatoms. The number of hydrogen-bond acceptors (Lipinski definition) is 2. The highest BCUT2D eigenvalue weighted by molar-refractivity contribution is 5.94. The average Bonchev–Trinajstić information content (AvgIpc) is 2.56. The lowest BCUT2D eigenvalue weighted by Crippen LogP contribution is -2.28. The number of hydrogen-bond donors (Lipinski definition) is 1. The fraction of sp³-hybridized carbons (Fsp3) is 0.316. The summed E-state index contributed by atoms with van der Waals surface area (Å²) in [6, 6.07) is 17.4. The third-order valence-electron chi connectivity index (χ3n) is 3.49. The summed E-state index contributed by atoms with van der Waals surface area (Å²) in [7, 11) is 0. The van der Waals surface area contributed by atoms with E-state index in [2.05, 4.69) is 24.4 Å². The second kappa shape index (κ2) is 8.23. The SMILES string of the molecule is CCCC(NC(=O)c1cccc(OCC)c1)c1ccccc1. The van der Waals surface area contributed by atoms with Crippen molar-refractivity contribution in [1.82, 2.24) is 5.32 Å². The topological polar surface area (TPSA) is 38.3 Å². The molecule has 116 valence electrons. The van der Waals surface area contributed by atoms with Gasteiger partial charge in [0.1, 0.15) is 5.75 Å². The number of nitrogens with one attached hydrogen (secondary N) is 1. The van der Waals surface area contributed by atoms with Crippen LogP contribution in [0, 0.1) is 0 Å². The van der Waals surface area contributed by atoms with Crippen molar-refractivity contribution in [1.29, 1.82) is 0 Å². The Morgan fingerprint density at radius 1 is 1.09 bits per heavy atom. The van der Waals surface area contributed by atoms with Gasteiger partial charge in [-0.3, -0.25) is 4.79 Å². The summed E-state index contributed by atoms with van der Waals surface area (Å²) in [5, 5.41) is 3.13. The highest BCUT2D eigenvalue weighted by Crippen LogP contribution is 2.20. The van der Waals surface area contributed by atoms with Gasteiger partial charge >= 0.3 is 0 Å². The van der Waals surface area contributed by atoms with Crippen LogP contribution in [0.15, 0.2) is 54.6 Å². The highest BCUT2D eigenvalue weighted by atomic mass is 16.5. The first-order chi connectivity index (χ1) is 10.7. The molecule has 1 amide bonds. The van der Waals surface area contributed by atoms with Crippen molar-refractivity contribution in [2.24, 2.45) is 0 Å². The molecular formula is C19H23NO2. The molecule has 1 unspecified atom stereocenters. The third-order valence-corrected chi connectivity index (χ3v) is 3.49. The van der Waals surface area contributed by atoms with Crippen LogP contribution in [-0.2, 0) is 0 Å². The van der Waals surface area contributed by atoms with Gasteiger partial charge in [-0.25, -0.2) is 0 Å². The smallest absolute Gasteiger partial charge is 0.251 e. The molecule has 3 nitrogen and oxygen atoms in total. The summed E-state index contributed by atoms with van der Waals surface area (Å²) >= 11 is 0. The minimum Gasteiger partial charge on any atom is -0.494 e. The van der Waals surface area contributed by atoms with E-state index < -0.39 is 0 Å². The van der Waals surface area contributed by atoms with E-state index in [1.807, 2.05) is 43.3 Å². The Labute approximate surface area is 132 Å². The van der Waals surface area contributed by atoms with E-state index >= 15 is 0 Å². The fourth-order valence-electron chi connectivity index (χ4n) is 2.43. The molecule has 0 saturated heterocycles. The number of rotatable bonds is 7. The molecule has 1 N–H and O–H groups in total. The number of carbonyl (C=O) groups excluding carboxylic acids is 1. The molecule has 1 atom stereocenters. The third kappa shape index (κ3) is 4.35. The highest BCUT2D eigenvalue weighted by Gasteiger charge is 2.15. The predicted molar refractivity (Wildman–Crippen MR) is 89.2 cm³/mol. The molecular weight excluding hydrogens is 274 g/mol. The second-order valence-electron chi connectivity index (χ2n) is 5.19. The Balaban J connectivity index is 2.12. The standard InChI is InChI=1S/C19H23NO2/c1-3-9-18(15-10-6-5-7-11-15)20-19(21)16-12-8-13-17(14-16)22-4-2/h5-8,10-14,18H,3-4,9H2,1-2H3,(H,20,21). The molecule has 22 heavy (non-hydrogen) atoms. The van der Waals surface area contributed by atoms with Gasteiger partial charge in [0.25, 0.3) is 5.91 Å². The lowest BCUT2D eigenvalue weighted by atomic mass is 10.0. The first-order valence-corrected chi connectivity index (χ1v) is 7.83. The van der Waals surface area contributed by atoms with E-state index in [0.717, 1.165) is 24.2 Å². The molecule has 0 bridgehead atoms. The molecule has 2 aromatic rings. The number of amides is 1. The van der Waals surface area contributed by atoms with Crippen LogP contribution in [0.2, 0.25) is 0 Å². The van der Waals surface area contributed by atoms with E-state index in [4.69, 9.17) is 4.74 Å². The van der Waals surface area contributed by atoms with Crippen molar-refractivity contribution in [3.63, 3.8) is 0 Å². The molecule has 0 aliphatic heterocycles. The molecule has 0 fully saturated rings. The Morgan fingerprint density at radius 3 is 2.55 bits per heavy atom. The maximum Gasteiger partial charge on any atom is 0.251 e. The zero-order valence-electron chi connectivity index (χ0n) is 13.2. The van der Waals surface area contributed by atoms with Crippen LogP contribution in [0.3, 0.4) is 0 Å². The molecule has 0 heterocycles. The Hall–Kier alpha value is -2.29. The van der Waals surface area contributed by atoms with E-state index in [1.165, 1.54) is 0 Å². The fourth-order valence-corrected chi connectivity index (χ4v) is 2.43. The Bertz CT molecular complexity index is 595. The lowest BCUT2D eigenvalue weighted by molar-refractivity contribution is 0.0934. The number of ether oxygens (including phenoxy) is 1. The first kappa shape index (κ1) is 16.1. The second-order valence-corrected chi connectivity index (χ2v) is 5.19. The van der Waals surface area contributed by atoms with Gasteiger partial charge in [0, 0.05) is 5.56 Å². The summed E-state index contributed by atoms with van der Waals surface area (Å²) < 4.78 is 5.45. The molecule has 0 spiro atoms. The largest absolute Gasteiger partial charge is 0.494 e. The normalized spacial score (nSPS) is 11.7. The van der Waals surface area contributed by atoms with Crippen molar-refractivity contribution in [3.05, 3.63) is 65.7 Å². The summed E-state index contributed by atoms with van der Waals surface area (Å²) in [4.78, 5) is 12.5. The van der Waals surface area contributed by atoms with E-state index in [-0.39, 0.29) is 11.9 Å². The van der Waals surface area contributed by atoms with Crippen LogP contribution in [0.1, 0.15) is 48.7 Å². The summed E-state index contributed by atoms with van der Waals surface area (Å²) in [6.07, 6.45) is 1.93. The van der Waals surface area contributed by atoms with Crippen molar-refractivity contribution in [2.75, 3.05) is 6.61 Å². The van der Waals surface area contributed by atoms with E-state index in [0.29, 0.717) is 12.2 Å². The van der Waals surface area contributed by atoms with Gasteiger partial charge in [0.2, 0.25) is 0 Å². The maximum atomic E-state index is 12.5. The number of carbonyl (C=O) groups is 1. The summed E-state index contributed by atoms with van der Waals surface area (Å²) in [6.45, 7) is 4.64. The lowest BCUT2D eigenvalue weighted by Gasteiger charge is -2.19. The first-order valence-electron chi connectivity index (χ1n) is 7.83. The van der Waals surface area contributed by atoms with Gasteiger partial charge in [-0.05, 0) is 37.1 Å². The van der Waals surface area contributed by atoms with Gasteiger partial charge in [-0.15, -0.1) is 0 Å². The summed E-state index contributed by atoms with van der Waals surface area (Å²) in [5.41, 5.74) is 1.77. The predicted octanol–water partition coefficient (Wildman–Crippen LogP) is 4.36. The summed E-state index contributed by atoms with van der Waals surface area (Å²) in [5.74, 6) is 0.658. The molecule has 0 aliphatic carbocycles. The van der Waals surface area contributed by atoms with Crippen LogP contribution in [-0.4, -0.2) is 12.5 Å². The quantitative estimate of drug-likeness (QED) is 0.824. The van der Waals surface area contributed by atoms with Crippen LogP contribution in [0.25, 0.3) is 0 Å². The van der Waals surface area contributed by atoms with Crippen LogP contribution < -0.4 is 10.1 Å².